The quantitative estimate of drug-likeness (QED) is 0.750. The lowest BCUT2D eigenvalue weighted by atomic mass is 10.1. The zero-order valence-corrected chi connectivity index (χ0v) is 12.4. The first kappa shape index (κ1) is 14.3. The maximum atomic E-state index is 11.8. The molecule has 0 heterocycles. The highest BCUT2D eigenvalue weighted by Gasteiger charge is 2.05. The van der Waals surface area contributed by atoms with Crippen LogP contribution in [0, 0.1) is 0 Å². The number of carbonyl (C=O) groups is 1. The Bertz CT molecular complexity index is 567. The SMILES string of the molecule is O=C(COCc1cccc(Br)c1)c1ccc(Cl)cc1. The molecule has 0 saturated heterocycles. The molecule has 0 atom stereocenters. The Kier molecular flexibility index (Phi) is 5.14. The summed E-state index contributed by atoms with van der Waals surface area (Å²) in [5, 5.41) is 0.617. The predicted molar refractivity (Wildman–Crippen MR) is 79.6 cm³/mol. The Balaban J connectivity index is 1.86. The molecule has 0 radical (unpaired) electrons. The molecule has 0 fully saturated rings. The fourth-order valence-electron chi connectivity index (χ4n) is 1.61. The first-order chi connectivity index (χ1) is 9.15. The van der Waals surface area contributed by atoms with Gasteiger partial charge in [0, 0.05) is 15.1 Å². The average molecular weight is 340 g/mol. The van der Waals surface area contributed by atoms with Crippen molar-refractivity contribution in [3.05, 3.63) is 69.2 Å². The molecule has 0 N–H and O–H groups in total. The Hall–Kier alpha value is -1.16. The van der Waals surface area contributed by atoms with E-state index in [1.807, 2.05) is 24.3 Å². The van der Waals surface area contributed by atoms with Crippen molar-refractivity contribution in [3.8, 4) is 0 Å². The van der Waals surface area contributed by atoms with Crippen LogP contribution in [0.25, 0.3) is 0 Å². The molecule has 2 rings (SSSR count). The summed E-state index contributed by atoms with van der Waals surface area (Å²) >= 11 is 9.16. The second kappa shape index (κ2) is 6.85. The van der Waals surface area contributed by atoms with Crippen LogP contribution in [0.3, 0.4) is 0 Å². The molecule has 98 valence electrons. The first-order valence-corrected chi connectivity index (χ1v) is 6.93. The highest BCUT2D eigenvalue weighted by atomic mass is 79.9. The van der Waals surface area contributed by atoms with Gasteiger partial charge in [-0.05, 0) is 42.0 Å². The molecule has 0 spiro atoms. The summed E-state index contributed by atoms with van der Waals surface area (Å²) in [6.07, 6.45) is 0. The summed E-state index contributed by atoms with van der Waals surface area (Å²) in [7, 11) is 0. The van der Waals surface area contributed by atoms with Gasteiger partial charge in [0.25, 0.3) is 0 Å². The molecule has 2 aromatic rings. The smallest absolute Gasteiger partial charge is 0.188 e. The number of ketones is 1. The monoisotopic (exact) mass is 338 g/mol. The van der Waals surface area contributed by atoms with Gasteiger partial charge in [0.1, 0.15) is 6.61 Å². The summed E-state index contributed by atoms with van der Waals surface area (Å²) in [5.41, 5.74) is 1.64. The van der Waals surface area contributed by atoms with Crippen LogP contribution >= 0.6 is 27.5 Å². The van der Waals surface area contributed by atoms with Gasteiger partial charge in [0.15, 0.2) is 5.78 Å². The van der Waals surface area contributed by atoms with E-state index in [0.717, 1.165) is 10.0 Å². The Morgan fingerprint density at radius 1 is 1.16 bits per heavy atom. The van der Waals surface area contributed by atoms with Gasteiger partial charge in [0.05, 0.1) is 6.61 Å². The zero-order valence-electron chi connectivity index (χ0n) is 10.1. The Morgan fingerprint density at radius 2 is 1.89 bits per heavy atom. The number of hydrogen-bond donors (Lipinski definition) is 0. The molecule has 0 bridgehead atoms. The van der Waals surface area contributed by atoms with Crippen LogP contribution in [-0.2, 0) is 11.3 Å². The number of benzene rings is 2. The largest absolute Gasteiger partial charge is 0.369 e. The van der Waals surface area contributed by atoms with Crippen LogP contribution in [0.4, 0.5) is 0 Å². The van der Waals surface area contributed by atoms with Crippen molar-refractivity contribution in [2.24, 2.45) is 0 Å². The van der Waals surface area contributed by atoms with Crippen molar-refractivity contribution < 1.29 is 9.53 Å². The summed E-state index contributed by atoms with van der Waals surface area (Å²) in [4.78, 5) is 11.8. The van der Waals surface area contributed by atoms with Gasteiger partial charge in [-0.3, -0.25) is 4.79 Å². The van der Waals surface area contributed by atoms with Crippen LogP contribution in [0.15, 0.2) is 53.0 Å². The molecule has 0 saturated carbocycles. The third-order valence-corrected chi connectivity index (χ3v) is 3.30. The normalized spacial score (nSPS) is 10.4. The Morgan fingerprint density at radius 3 is 2.58 bits per heavy atom. The van der Waals surface area contributed by atoms with E-state index < -0.39 is 0 Å². The number of halogens is 2. The van der Waals surface area contributed by atoms with Crippen molar-refractivity contribution in [2.75, 3.05) is 6.61 Å². The predicted octanol–water partition coefficient (Wildman–Crippen LogP) is 4.50. The minimum absolute atomic E-state index is 0.0494. The third-order valence-electron chi connectivity index (χ3n) is 2.56. The summed E-state index contributed by atoms with van der Waals surface area (Å²) < 4.78 is 6.42. The molecule has 2 nitrogen and oxygen atoms in total. The number of Topliss-reactive ketones (excluding diaryl/α,β-unsaturated/α-hetero) is 1. The van der Waals surface area contributed by atoms with Gasteiger partial charge >= 0.3 is 0 Å². The van der Waals surface area contributed by atoms with Crippen LogP contribution in [-0.4, -0.2) is 12.4 Å². The fraction of sp³-hybridized carbons (Fsp3) is 0.133. The van der Waals surface area contributed by atoms with Gasteiger partial charge in [-0.2, -0.15) is 0 Å². The number of carbonyl (C=O) groups excluding carboxylic acids is 1. The van der Waals surface area contributed by atoms with Gasteiger partial charge < -0.3 is 4.74 Å². The maximum absolute atomic E-state index is 11.8. The Labute approximate surface area is 125 Å². The molecule has 19 heavy (non-hydrogen) atoms. The molecule has 0 aliphatic carbocycles. The number of rotatable bonds is 5. The molecule has 4 heteroatoms. The van der Waals surface area contributed by atoms with E-state index in [-0.39, 0.29) is 12.4 Å². The highest BCUT2D eigenvalue weighted by Crippen LogP contribution is 2.13. The fourth-order valence-corrected chi connectivity index (χ4v) is 2.18. The lowest BCUT2D eigenvalue weighted by molar-refractivity contribution is 0.0726. The van der Waals surface area contributed by atoms with E-state index in [1.165, 1.54) is 0 Å². The minimum Gasteiger partial charge on any atom is -0.369 e. The van der Waals surface area contributed by atoms with E-state index >= 15 is 0 Å². The molecule has 0 aliphatic rings. The molecule has 2 aromatic carbocycles. The van der Waals surface area contributed by atoms with Gasteiger partial charge in [-0.1, -0.05) is 39.7 Å². The maximum Gasteiger partial charge on any atom is 0.188 e. The van der Waals surface area contributed by atoms with Crippen molar-refractivity contribution in [2.45, 2.75) is 6.61 Å². The molecule has 0 unspecified atom stereocenters. The number of hydrogen-bond acceptors (Lipinski definition) is 2. The van der Waals surface area contributed by atoms with Gasteiger partial charge in [-0.25, -0.2) is 0 Å². The molecule has 0 aromatic heterocycles. The lowest BCUT2D eigenvalue weighted by Gasteiger charge is -2.04. The first-order valence-electron chi connectivity index (χ1n) is 5.76. The van der Waals surface area contributed by atoms with Gasteiger partial charge in [-0.15, -0.1) is 0 Å². The second-order valence-corrected chi connectivity index (χ2v) is 5.40. The van der Waals surface area contributed by atoms with Crippen LogP contribution in [0.1, 0.15) is 15.9 Å². The summed E-state index contributed by atoms with van der Waals surface area (Å²) in [5.74, 6) is -0.0494. The van der Waals surface area contributed by atoms with Crippen molar-refractivity contribution >= 4 is 33.3 Å². The van der Waals surface area contributed by atoms with E-state index in [9.17, 15) is 4.79 Å². The zero-order chi connectivity index (χ0) is 13.7. The minimum atomic E-state index is -0.0494. The summed E-state index contributed by atoms with van der Waals surface area (Å²) in [6.45, 7) is 0.479. The molecule has 0 aliphatic heterocycles. The van der Waals surface area contributed by atoms with Crippen LogP contribution in [0.2, 0.25) is 5.02 Å². The number of ether oxygens (including phenoxy) is 1. The highest BCUT2D eigenvalue weighted by molar-refractivity contribution is 9.10. The third kappa shape index (κ3) is 4.46. The van der Waals surface area contributed by atoms with Crippen molar-refractivity contribution in [3.63, 3.8) is 0 Å². The topological polar surface area (TPSA) is 26.3 Å². The molecule has 0 amide bonds. The van der Waals surface area contributed by atoms with E-state index in [1.54, 1.807) is 24.3 Å². The second-order valence-electron chi connectivity index (χ2n) is 4.05. The van der Waals surface area contributed by atoms with Gasteiger partial charge in [0.2, 0.25) is 0 Å². The average Bonchev–Trinajstić information content (AvgIpc) is 2.39. The standard InChI is InChI=1S/C15H12BrClO2/c16-13-3-1-2-11(8-13)9-19-10-15(18)12-4-6-14(17)7-5-12/h1-8H,9-10H2. The van der Waals surface area contributed by atoms with E-state index in [0.29, 0.717) is 17.2 Å². The lowest BCUT2D eigenvalue weighted by Crippen LogP contribution is -2.08. The molecular weight excluding hydrogens is 328 g/mol. The van der Waals surface area contributed by atoms with Crippen LogP contribution < -0.4 is 0 Å². The van der Waals surface area contributed by atoms with Crippen LogP contribution in [0.5, 0.6) is 0 Å². The van der Waals surface area contributed by atoms with E-state index in [2.05, 4.69) is 15.9 Å². The van der Waals surface area contributed by atoms with E-state index in [4.69, 9.17) is 16.3 Å². The molecular formula is C15H12BrClO2. The van der Waals surface area contributed by atoms with Crippen molar-refractivity contribution in [1.82, 2.24) is 0 Å². The summed E-state index contributed by atoms with van der Waals surface area (Å²) in [6, 6.07) is 14.6. The van der Waals surface area contributed by atoms with Crippen molar-refractivity contribution in [1.29, 1.82) is 0 Å².